The molecule has 0 aliphatic carbocycles. The summed E-state index contributed by atoms with van der Waals surface area (Å²) in [5.41, 5.74) is 0. The van der Waals surface area contributed by atoms with Crippen molar-refractivity contribution in [3.05, 3.63) is 0 Å². The van der Waals surface area contributed by atoms with E-state index in [2.05, 4.69) is 45.3 Å². The Bertz CT molecular complexity index is 806. The molecule has 0 bridgehead atoms. The van der Waals surface area contributed by atoms with Crippen LogP contribution in [-0.4, -0.2) is 110 Å². The third-order valence-corrected chi connectivity index (χ3v) is 8.77. The van der Waals surface area contributed by atoms with Gasteiger partial charge in [0.1, 0.15) is 0 Å². The van der Waals surface area contributed by atoms with Crippen LogP contribution in [0.15, 0.2) is 0 Å². The van der Waals surface area contributed by atoms with Crippen LogP contribution < -0.4 is 0 Å². The minimum atomic E-state index is -2.03. The summed E-state index contributed by atoms with van der Waals surface area (Å²) in [6.45, 7) is 7.78. The molecular weight excluding hydrogens is 785 g/mol. The van der Waals surface area contributed by atoms with Gasteiger partial charge in [0.15, 0.2) is 8.64 Å². The van der Waals surface area contributed by atoms with E-state index in [1.54, 1.807) is 0 Å². The average Bonchev–Trinajstić information content (AvgIpc) is 3.00. The van der Waals surface area contributed by atoms with E-state index in [4.69, 9.17) is 80.9 Å². The van der Waals surface area contributed by atoms with Gasteiger partial charge in [-0.1, -0.05) is 25.7 Å². The number of thiol groups is 2. The topological polar surface area (TPSA) is 60.1 Å². The van der Waals surface area contributed by atoms with Gasteiger partial charge in [-0.3, -0.25) is 0 Å². The van der Waals surface area contributed by atoms with Gasteiger partial charge in [0.05, 0.1) is 0 Å². The fourth-order valence-corrected chi connectivity index (χ4v) is 7.11. The number of hydrogen-bond acceptors (Lipinski definition) is 12. The van der Waals surface area contributed by atoms with Gasteiger partial charge in [-0.15, -0.1) is 25.3 Å². The molecule has 0 aromatic carbocycles. The molecule has 0 spiro atoms. The van der Waals surface area contributed by atoms with Crippen molar-refractivity contribution in [3.8, 4) is 0 Å². The van der Waals surface area contributed by atoms with E-state index >= 15 is 0 Å². The SMILES string of the molecule is S=C([S-])N(N1CCCCC1)N(C(=S)S)N1CCCCC1.S=C([S-])N(N1CCCCC1)N(C(=S)S)N1CCCCC1.[O]=[Mo+2]=[O]. The molecule has 4 aliphatic rings. The maximum absolute atomic E-state index is 8.50. The van der Waals surface area contributed by atoms with Crippen LogP contribution in [0.25, 0.3) is 0 Å². The number of thiocarbonyl (C=S) groups is 4. The van der Waals surface area contributed by atoms with Crippen molar-refractivity contribution in [1.82, 2.24) is 40.5 Å². The van der Waals surface area contributed by atoms with E-state index in [0.29, 0.717) is 17.3 Å². The van der Waals surface area contributed by atoms with E-state index in [9.17, 15) is 0 Å². The number of hydrogen-bond donors (Lipinski definition) is 2. The van der Waals surface area contributed by atoms with E-state index in [1.165, 1.54) is 77.0 Å². The fraction of sp³-hybridized carbons (Fsp3) is 0.833. The summed E-state index contributed by atoms with van der Waals surface area (Å²) in [7, 11) is 0. The Balaban J connectivity index is 0.000000275. The molecule has 0 saturated carbocycles. The zero-order chi connectivity index (χ0) is 31.8. The van der Waals surface area contributed by atoms with Crippen LogP contribution in [0.3, 0.4) is 0 Å². The Hall–Kier alpha value is 0.828. The second kappa shape index (κ2) is 22.4. The molecule has 0 aromatic heterocycles. The number of hydrazine groups is 6. The summed E-state index contributed by atoms with van der Waals surface area (Å²) in [6.07, 6.45) is 14.4. The molecule has 4 aliphatic heterocycles. The first-order chi connectivity index (χ1) is 20.6. The fourth-order valence-electron chi connectivity index (χ4n) is 5.54. The molecule has 4 fully saturated rings. The summed E-state index contributed by atoms with van der Waals surface area (Å²) < 4.78 is 18.8. The van der Waals surface area contributed by atoms with Crippen molar-refractivity contribution in [2.24, 2.45) is 0 Å². The molecule has 0 unspecified atom stereocenters. The third kappa shape index (κ3) is 13.5. The van der Waals surface area contributed by atoms with Crippen molar-refractivity contribution in [3.63, 3.8) is 0 Å². The molecule has 0 aromatic rings. The van der Waals surface area contributed by atoms with Crippen molar-refractivity contribution in [1.29, 1.82) is 0 Å². The molecule has 4 rings (SSSR count). The van der Waals surface area contributed by atoms with Crippen LogP contribution in [0.5, 0.6) is 0 Å². The summed E-state index contributed by atoms with van der Waals surface area (Å²) in [5, 5.41) is 16.4. The molecule has 0 N–H and O–H groups in total. The Morgan fingerprint density at radius 2 is 0.651 bits per heavy atom. The molecule has 4 heterocycles. The Labute approximate surface area is 309 Å². The summed E-state index contributed by atoms with van der Waals surface area (Å²) in [4.78, 5) is 0. The number of rotatable bonds is 4. The minimum absolute atomic E-state index is 0.411. The van der Waals surface area contributed by atoms with E-state index in [1.807, 2.05) is 20.5 Å². The molecule has 10 nitrogen and oxygen atoms in total. The van der Waals surface area contributed by atoms with Gasteiger partial charge in [-0.05, 0) is 84.4 Å². The van der Waals surface area contributed by atoms with Gasteiger partial charge in [0, 0.05) is 52.4 Å². The van der Waals surface area contributed by atoms with Gasteiger partial charge in [0.25, 0.3) is 0 Å². The van der Waals surface area contributed by atoms with Gasteiger partial charge in [-0.25, -0.2) is 20.3 Å². The normalized spacial score (nSPS) is 20.1. The van der Waals surface area contributed by atoms with Crippen LogP contribution >= 0.6 is 74.1 Å². The van der Waals surface area contributed by atoms with Crippen LogP contribution in [-0.2, 0) is 50.5 Å². The predicted molar refractivity (Wildman–Crippen MR) is 194 cm³/mol. The second-order valence-corrected chi connectivity index (χ2v) is 15.0. The average molecular weight is 827 g/mol. The number of piperidine rings is 4. The van der Waals surface area contributed by atoms with Crippen molar-refractivity contribution < 1.29 is 25.3 Å². The number of nitrogens with zero attached hydrogens (tertiary/aromatic N) is 8. The van der Waals surface area contributed by atoms with Crippen LogP contribution in [0.1, 0.15) is 77.0 Å². The Morgan fingerprint density at radius 3 is 0.814 bits per heavy atom. The molecule has 43 heavy (non-hydrogen) atoms. The first-order valence-electron chi connectivity index (χ1n) is 14.6. The van der Waals surface area contributed by atoms with E-state index in [-0.39, 0.29) is 0 Å². The monoisotopic (exact) mass is 828 g/mol. The molecular formula is C24H42MoN8O2S8. The van der Waals surface area contributed by atoms with E-state index in [0.717, 1.165) is 52.4 Å². The quantitative estimate of drug-likeness (QED) is 0.138. The van der Waals surface area contributed by atoms with Crippen molar-refractivity contribution >= 4 is 117 Å². The van der Waals surface area contributed by atoms with Crippen LogP contribution in [0, 0.1) is 0 Å². The van der Waals surface area contributed by atoms with E-state index < -0.39 is 18.5 Å². The van der Waals surface area contributed by atoms with Crippen molar-refractivity contribution in [2.45, 2.75) is 77.0 Å². The molecule has 0 atom stereocenters. The first-order valence-corrected chi connectivity index (χ1v) is 19.6. The summed E-state index contributed by atoms with van der Waals surface area (Å²) in [5.74, 6) is 0. The van der Waals surface area contributed by atoms with Gasteiger partial charge >= 0.3 is 25.3 Å². The molecule has 0 amide bonds. The standard InChI is InChI=1S/2C12H22N4S4.Mo.2O/c2*17-11(18)15(13-7-3-1-4-8-13)16(12(19)20)14-9-5-2-6-10-14;;;/h2*1-10H2,(H,17,18)(H,19,20);;;/q;;+2;;/p-2. The predicted octanol–water partition coefficient (Wildman–Crippen LogP) is 4.47. The third-order valence-electron chi connectivity index (χ3n) is 7.43. The van der Waals surface area contributed by atoms with Crippen LogP contribution in [0.4, 0.5) is 0 Å². The Morgan fingerprint density at radius 1 is 0.465 bits per heavy atom. The molecule has 19 heteroatoms. The molecule has 0 radical (unpaired) electrons. The van der Waals surface area contributed by atoms with Crippen molar-refractivity contribution in [2.75, 3.05) is 52.4 Å². The van der Waals surface area contributed by atoms with Gasteiger partial charge in [0.2, 0.25) is 0 Å². The first kappa shape index (κ1) is 40.0. The van der Waals surface area contributed by atoms with Gasteiger partial charge in [-0.2, -0.15) is 20.3 Å². The summed E-state index contributed by atoms with van der Waals surface area (Å²) >= 11 is 38.6. The zero-order valence-corrected chi connectivity index (χ0v) is 33.0. The molecule has 244 valence electrons. The summed E-state index contributed by atoms with van der Waals surface area (Å²) in [6, 6.07) is 0. The maximum atomic E-state index is 8.50. The Kier molecular flexibility index (Phi) is 20.8. The van der Waals surface area contributed by atoms with Gasteiger partial charge < -0.3 is 49.7 Å². The van der Waals surface area contributed by atoms with Crippen LogP contribution in [0.2, 0.25) is 0 Å². The second-order valence-electron chi connectivity index (χ2n) is 10.4. The zero-order valence-electron chi connectivity index (χ0n) is 24.3. The molecule has 4 saturated heterocycles.